The Morgan fingerprint density at radius 3 is 2.78 bits per heavy atom. The van der Waals surface area contributed by atoms with Crippen LogP contribution < -0.4 is 0 Å². The number of ketones is 1. The Morgan fingerprint density at radius 1 is 1.33 bits per heavy atom. The van der Waals surface area contributed by atoms with Crippen LogP contribution in [-0.4, -0.2) is 43.5 Å². The summed E-state index contributed by atoms with van der Waals surface area (Å²) in [4.78, 5) is 39.7. The van der Waals surface area contributed by atoms with Crippen molar-refractivity contribution in [2.75, 3.05) is 6.61 Å². The maximum atomic E-state index is 12.9. The lowest BCUT2D eigenvalue weighted by Crippen LogP contribution is -2.15. The van der Waals surface area contributed by atoms with Crippen molar-refractivity contribution in [2.24, 2.45) is 0 Å². The number of fused-ring (bicyclic) bond motifs is 1. The third-order valence-corrected chi connectivity index (χ3v) is 5.29. The number of aryl methyl sites for hydroxylation is 1. The molecule has 27 heavy (non-hydrogen) atoms. The minimum atomic E-state index is -0.427. The van der Waals surface area contributed by atoms with Crippen molar-refractivity contribution in [1.82, 2.24) is 19.9 Å². The van der Waals surface area contributed by atoms with E-state index in [0.29, 0.717) is 43.9 Å². The molecule has 0 aliphatic rings. The molecule has 0 aliphatic carbocycles. The molecule has 0 bridgehead atoms. The van der Waals surface area contributed by atoms with Gasteiger partial charge in [-0.05, 0) is 39.3 Å². The number of carbonyl (C=O) groups is 2. The molecule has 0 aromatic carbocycles. The van der Waals surface area contributed by atoms with Crippen LogP contribution in [0.5, 0.6) is 0 Å². The summed E-state index contributed by atoms with van der Waals surface area (Å²) in [6.45, 7) is 7.31. The van der Waals surface area contributed by atoms with Crippen LogP contribution >= 0.6 is 23.4 Å². The number of aromatic amines is 2. The molecule has 0 saturated carbocycles. The fraction of sp³-hybridized carbons (Fsp3) is 0.333. The number of aromatic nitrogens is 4. The quantitative estimate of drug-likeness (QED) is 0.363. The monoisotopic (exact) mass is 406 g/mol. The Hall–Kier alpha value is -2.32. The number of nitrogens with zero attached hydrogens (tertiary/aromatic N) is 2. The highest BCUT2D eigenvalue weighted by Crippen LogP contribution is 2.28. The fourth-order valence-electron chi connectivity index (χ4n) is 2.84. The average Bonchev–Trinajstić information content (AvgIpc) is 3.13. The Balaban J connectivity index is 1.82. The minimum absolute atomic E-state index is 0.123. The van der Waals surface area contributed by atoms with Crippen molar-refractivity contribution in [3.8, 4) is 0 Å². The number of imidazole rings is 1. The van der Waals surface area contributed by atoms with E-state index >= 15 is 0 Å². The summed E-state index contributed by atoms with van der Waals surface area (Å²) in [6.07, 6.45) is 1.52. The second kappa shape index (κ2) is 7.74. The Morgan fingerprint density at radius 2 is 2.07 bits per heavy atom. The van der Waals surface area contributed by atoms with E-state index in [-0.39, 0.29) is 12.4 Å². The number of hydrogen-bond acceptors (Lipinski definition) is 6. The summed E-state index contributed by atoms with van der Waals surface area (Å²) in [5.41, 5.74) is 3.29. The zero-order valence-corrected chi connectivity index (χ0v) is 16.9. The molecule has 3 heterocycles. The number of Topliss-reactive ketones (excluding diaryl/α,β-unsaturated/α-hetero) is 1. The highest BCUT2D eigenvalue weighted by molar-refractivity contribution is 8.00. The lowest BCUT2D eigenvalue weighted by molar-refractivity contribution is 0.0525. The smallest absolute Gasteiger partial charge is 0.340 e. The largest absolute Gasteiger partial charge is 0.462 e. The van der Waals surface area contributed by atoms with Crippen molar-refractivity contribution in [1.29, 1.82) is 0 Å². The Bertz CT molecular complexity index is 1030. The van der Waals surface area contributed by atoms with Crippen molar-refractivity contribution in [3.63, 3.8) is 0 Å². The SMILES string of the molecule is CCOC(=O)c1c(C)[nH]c(C(=O)[C@@H](C)Sc2nc3ncc(Cl)cc3[nH]2)c1C. The van der Waals surface area contributed by atoms with E-state index in [1.807, 2.05) is 0 Å². The highest BCUT2D eigenvalue weighted by Gasteiger charge is 2.26. The zero-order valence-electron chi connectivity index (χ0n) is 15.3. The van der Waals surface area contributed by atoms with Gasteiger partial charge in [-0.2, -0.15) is 0 Å². The molecule has 0 aliphatic heterocycles. The number of hydrogen-bond donors (Lipinski definition) is 2. The minimum Gasteiger partial charge on any atom is -0.462 e. The van der Waals surface area contributed by atoms with Crippen LogP contribution in [0.2, 0.25) is 5.02 Å². The van der Waals surface area contributed by atoms with Gasteiger partial charge in [0.05, 0.1) is 33.7 Å². The fourth-order valence-corrected chi connectivity index (χ4v) is 3.86. The Kier molecular flexibility index (Phi) is 5.57. The molecule has 7 nitrogen and oxygen atoms in total. The first-order chi connectivity index (χ1) is 12.8. The predicted molar refractivity (Wildman–Crippen MR) is 105 cm³/mol. The summed E-state index contributed by atoms with van der Waals surface area (Å²) in [7, 11) is 0. The highest BCUT2D eigenvalue weighted by atomic mass is 35.5. The van der Waals surface area contributed by atoms with E-state index in [1.165, 1.54) is 18.0 Å². The van der Waals surface area contributed by atoms with E-state index in [9.17, 15) is 9.59 Å². The lowest BCUT2D eigenvalue weighted by Gasteiger charge is -2.08. The maximum Gasteiger partial charge on any atom is 0.340 e. The van der Waals surface area contributed by atoms with E-state index < -0.39 is 11.2 Å². The average molecular weight is 407 g/mol. The molecule has 3 aromatic rings. The molecule has 3 aromatic heterocycles. The summed E-state index contributed by atoms with van der Waals surface area (Å²) in [6, 6.07) is 1.73. The molecule has 9 heteroatoms. The number of rotatable bonds is 6. The first-order valence-corrected chi connectivity index (χ1v) is 9.66. The number of nitrogens with one attached hydrogen (secondary N) is 2. The van der Waals surface area contributed by atoms with Crippen molar-refractivity contribution in [2.45, 2.75) is 38.1 Å². The van der Waals surface area contributed by atoms with Gasteiger partial charge in [0.1, 0.15) is 0 Å². The third kappa shape index (κ3) is 3.86. The number of H-pyrrole nitrogens is 2. The number of carbonyl (C=O) groups excluding carboxylic acids is 2. The topological polar surface area (TPSA) is 101 Å². The molecule has 142 valence electrons. The van der Waals surface area contributed by atoms with Gasteiger partial charge >= 0.3 is 5.97 Å². The first kappa shape index (κ1) is 19.4. The van der Waals surface area contributed by atoms with Gasteiger partial charge in [-0.15, -0.1) is 0 Å². The number of thioether (sulfide) groups is 1. The normalized spacial score (nSPS) is 12.3. The molecule has 1 atom stereocenters. The summed E-state index contributed by atoms with van der Waals surface area (Å²) >= 11 is 7.22. The number of halogens is 1. The van der Waals surface area contributed by atoms with Gasteiger partial charge in [0, 0.05) is 11.9 Å². The molecular weight excluding hydrogens is 388 g/mol. The molecule has 0 radical (unpaired) electrons. The van der Waals surface area contributed by atoms with Crippen LogP contribution in [0.3, 0.4) is 0 Å². The van der Waals surface area contributed by atoms with Crippen LogP contribution in [-0.2, 0) is 4.74 Å². The molecule has 0 unspecified atom stereocenters. The Labute approximate surface area is 165 Å². The van der Waals surface area contributed by atoms with Gasteiger partial charge in [0.2, 0.25) is 0 Å². The van der Waals surface area contributed by atoms with Gasteiger partial charge in [-0.25, -0.2) is 14.8 Å². The van der Waals surface area contributed by atoms with Crippen molar-refractivity contribution in [3.05, 3.63) is 39.8 Å². The molecular formula is C18H19ClN4O3S. The second-order valence-corrected chi connectivity index (χ2v) is 7.80. The summed E-state index contributed by atoms with van der Waals surface area (Å²) < 4.78 is 5.07. The van der Waals surface area contributed by atoms with Crippen molar-refractivity contribution < 1.29 is 14.3 Å². The molecule has 0 fully saturated rings. The van der Waals surface area contributed by atoms with Crippen LogP contribution in [0.1, 0.15) is 46.0 Å². The van der Waals surface area contributed by atoms with Gasteiger partial charge in [-0.1, -0.05) is 23.4 Å². The number of esters is 1. The summed E-state index contributed by atoms with van der Waals surface area (Å²) in [5, 5.41) is 0.663. The third-order valence-electron chi connectivity index (χ3n) is 4.10. The van der Waals surface area contributed by atoms with Crippen LogP contribution in [0.4, 0.5) is 0 Å². The lowest BCUT2D eigenvalue weighted by atomic mass is 10.1. The van der Waals surface area contributed by atoms with Gasteiger partial charge in [-0.3, -0.25) is 4.79 Å². The van der Waals surface area contributed by atoms with Crippen LogP contribution in [0.25, 0.3) is 11.2 Å². The summed E-state index contributed by atoms with van der Waals surface area (Å²) in [5.74, 6) is -0.550. The predicted octanol–water partition coefficient (Wildman–Crippen LogP) is 4.10. The first-order valence-electron chi connectivity index (χ1n) is 8.40. The molecule has 2 N–H and O–H groups in total. The maximum absolute atomic E-state index is 12.9. The van der Waals surface area contributed by atoms with Gasteiger partial charge < -0.3 is 14.7 Å². The molecule has 3 rings (SSSR count). The second-order valence-electron chi connectivity index (χ2n) is 6.04. The number of ether oxygens (including phenoxy) is 1. The van der Waals surface area contributed by atoms with E-state index in [2.05, 4.69) is 19.9 Å². The molecule has 0 spiro atoms. The van der Waals surface area contributed by atoms with Gasteiger partial charge in [0.25, 0.3) is 0 Å². The molecule has 0 saturated heterocycles. The van der Waals surface area contributed by atoms with Crippen LogP contribution in [0.15, 0.2) is 17.4 Å². The van der Waals surface area contributed by atoms with E-state index in [0.717, 1.165) is 0 Å². The standard InChI is InChI=1S/C18H19ClN4O3S/c1-5-26-17(25)13-8(2)14(21-9(13)3)15(24)10(4)27-18-22-12-6-11(19)7-20-16(12)23-18/h6-7,10,21H,5H2,1-4H3,(H,20,22,23)/t10-/m1/s1. The number of pyridine rings is 1. The molecule has 0 amide bonds. The van der Waals surface area contributed by atoms with Crippen LogP contribution in [0, 0.1) is 13.8 Å². The van der Waals surface area contributed by atoms with Crippen molar-refractivity contribution >= 4 is 46.3 Å². The van der Waals surface area contributed by atoms with Gasteiger partial charge in [0.15, 0.2) is 16.6 Å². The van der Waals surface area contributed by atoms with E-state index in [4.69, 9.17) is 16.3 Å². The van der Waals surface area contributed by atoms with E-state index in [1.54, 1.807) is 33.8 Å². The zero-order chi connectivity index (χ0) is 19.7.